The van der Waals surface area contributed by atoms with Crippen LogP contribution in [0.5, 0.6) is 0 Å². The van der Waals surface area contributed by atoms with Gasteiger partial charge in [-0.15, -0.1) is 0 Å². The van der Waals surface area contributed by atoms with Crippen molar-refractivity contribution in [2.75, 3.05) is 0 Å². The third-order valence-electron chi connectivity index (χ3n) is 7.31. The summed E-state index contributed by atoms with van der Waals surface area (Å²) in [5.74, 6) is -0.326. The van der Waals surface area contributed by atoms with Crippen LogP contribution in [-0.4, -0.2) is 22.3 Å². The van der Waals surface area contributed by atoms with E-state index in [-0.39, 0.29) is 22.2 Å². The molecule has 5 atom stereocenters. The average Bonchev–Trinajstić information content (AvgIpc) is 2.66. The molecule has 0 heterocycles. The number of carboxylic acid groups (broad SMARTS) is 1. The van der Waals surface area contributed by atoms with Crippen LogP contribution in [0.3, 0.4) is 0 Å². The number of aliphatic carboxylic acids is 1. The molecule has 106 valence electrons. The van der Waals surface area contributed by atoms with Gasteiger partial charge in [0.15, 0.2) is 0 Å². The van der Waals surface area contributed by atoms with Gasteiger partial charge in [-0.25, -0.2) is 4.79 Å². The first-order valence-corrected chi connectivity index (χ1v) is 7.31. The van der Waals surface area contributed by atoms with Crippen LogP contribution in [0, 0.1) is 28.1 Å². The zero-order valence-corrected chi connectivity index (χ0v) is 12.2. The predicted molar refractivity (Wildman–Crippen MR) is 72.6 cm³/mol. The molecule has 5 unspecified atom stereocenters. The second-order valence-electron chi connectivity index (χ2n) is 7.66. The van der Waals surface area contributed by atoms with Crippen molar-refractivity contribution in [1.82, 2.24) is 0 Å². The summed E-state index contributed by atoms with van der Waals surface area (Å²) in [6.07, 6.45) is 4.09. The Labute approximate surface area is 114 Å². The van der Waals surface area contributed by atoms with Crippen LogP contribution in [0.4, 0.5) is 0 Å². The number of hydrogen-bond acceptors (Lipinski definition) is 2. The number of aliphatic hydroxyl groups excluding tert-OH is 1. The molecule has 0 aromatic carbocycles. The first-order valence-electron chi connectivity index (χ1n) is 7.31. The SMILES string of the molecule is CC1CCC2(C)C(C)(C)C3CC12C(O)C=C3C(=O)O. The minimum absolute atomic E-state index is 0.0250. The Bertz CT molecular complexity index is 478. The van der Waals surface area contributed by atoms with E-state index in [9.17, 15) is 15.0 Å². The first kappa shape index (κ1) is 13.2. The normalized spacial score (nSPS) is 50.8. The zero-order chi connectivity index (χ0) is 14.2. The Morgan fingerprint density at radius 3 is 2.58 bits per heavy atom. The van der Waals surface area contributed by atoms with Gasteiger partial charge in [0.2, 0.25) is 0 Å². The summed E-state index contributed by atoms with van der Waals surface area (Å²) in [6, 6.07) is 0. The van der Waals surface area contributed by atoms with E-state index in [2.05, 4.69) is 27.7 Å². The smallest absolute Gasteiger partial charge is 0.331 e. The van der Waals surface area contributed by atoms with Gasteiger partial charge < -0.3 is 10.2 Å². The van der Waals surface area contributed by atoms with Gasteiger partial charge in [-0.1, -0.05) is 27.7 Å². The second-order valence-corrected chi connectivity index (χ2v) is 7.66. The molecule has 19 heavy (non-hydrogen) atoms. The Morgan fingerprint density at radius 1 is 1.37 bits per heavy atom. The van der Waals surface area contributed by atoms with E-state index in [4.69, 9.17) is 0 Å². The maximum absolute atomic E-state index is 11.5. The van der Waals surface area contributed by atoms with E-state index in [0.29, 0.717) is 11.5 Å². The Balaban J connectivity index is 2.23. The summed E-state index contributed by atoms with van der Waals surface area (Å²) >= 11 is 0. The molecule has 3 rings (SSSR count). The quantitative estimate of drug-likeness (QED) is 0.765. The maximum atomic E-state index is 11.5. The van der Waals surface area contributed by atoms with Crippen LogP contribution >= 0.6 is 0 Å². The van der Waals surface area contributed by atoms with Crippen molar-refractivity contribution in [3.8, 4) is 0 Å². The van der Waals surface area contributed by atoms with Crippen LogP contribution in [0.1, 0.15) is 47.0 Å². The fourth-order valence-electron chi connectivity index (χ4n) is 5.76. The number of carbonyl (C=O) groups is 1. The van der Waals surface area contributed by atoms with Gasteiger partial charge in [0, 0.05) is 11.0 Å². The Hall–Kier alpha value is -0.830. The Kier molecular flexibility index (Phi) is 2.38. The number of aliphatic hydroxyl groups is 1. The molecule has 0 aliphatic heterocycles. The van der Waals surface area contributed by atoms with Crippen molar-refractivity contribution < 1.29 is 15.0 Å². The lowest BCUT2D eigenvalue weighted by atomic mass is 9.56. The Morgan fingerprint density at radius 2 is 2.00 bits per heavy atom. The van der Waals surface area contributed by atoms with Gasteiger partial charge in [0.25, 0.3) is 0 Å². The van der Waals surface area contributed by atoms with E-state index >= 15 is 0 Å². The van der Waals surface area contributed by atoms with Gasteiger partial charge in [0.05, 0.1) is 6.10 Å². The second kappa shape index (κ2) is 3.43. The van der Waals surface area contributed by atoms with E-state index < -0.39 is 12.1 Å². The summed E-state index contributed by atoms with van der Waals surface area (Å²) in [7, 11) is 0. The monoisotopic (exact) mass is 264 g/mol. The summed E-state index contributed by atoms with van der Waals surface area (Å²) in [5, 5.41) is 20.1. The van der Waals surface area contributed by atoms with Crippen LogP contribution in [0.2, 0.25) is 0 Å². The van der Waals surface area contributed by atoms with Gasteiger partial charge in [0.1, 0.15) is 0 Å². The fraction of sp³-hybridized carbons (Fsp3) is 0.812. The van der Waals surface area contributed by atoms with Gasteiger partial charge in [-0.2, -0.15) is 0 Å². The van der Waals surface area contributed by atoms with Crippen molar-refractivity contribution in [3.05, 3.63) is 11.6 Å². The summed E-state index contributed by atoms with van der Waals surface area (Å²) in [6.45, 7) is 8.91. The number of carboxylic acids is 1. The molecule has 0 aromatic heterocycles. The van der Waals surface area contributed by atoms with Crippen LogP contribution in [0.25, 0.3) is 0 Å². The maximum Gasteiger partial charge on any atom is 0.331 e. The van der Waals surface area contributed by atoms with Gasteiger partial charge >= 0.3 is 5.97 Å². The minimum atomic E-state index is -0.858. The highest BCUT2D eigenvalue weighted by molar-refractivity contribution is 5.88. The molecule has 0 radical (unpaired) electrons. The van der Waals surface area contributed by atoms with Crippen molar-refractivity contribution in [2.45, 2.75) is 53.1 Å². The van der Waals surface area contributed by atoms with Crippen LogP contribution in [0.15, 0.2) is 11.6 Å². The molecule has 1 spiro atoms. The molecule has 2 bridgehead atoms. The van der Waals surface area contributed by atoms with Crippen LogP contribution < -0.4 is 0 Å². The molecule has 0 amide bonds. The van der Waals surface area contributed by atoms with Gasteiger partial charge in [-0.05, 0) is 48.0 Å². The molecule has 3 aliphatic carbocycles. The van der Waals surface area contributed by atoms with E-state index in [1.807, 2.05) is 0 Å². The summed E-state index contributed by atoms with van der Waals surface area (Å²) < 4.78 is 0. The highest BCUT2D eigenvalue weighted by Gasteiger charge is 2.73. The van der Waals surface area contributed by atoms with Crippen molar-refractivity contribution >= 4 is 5.97 Å². The van der Waals surface area contributed by atoms with Crippen molar-refractivity contribution in [2.24, 2.45) is 28.1 Å². The molecular weight excluding hydrogens is 240 g/mol. The lowest BCUT2D eigenvalue weighted by Crippen LogP contribution is -2.47. The molecule has 3 nitrogen and oxygen atoms in total. The molecule has 2 fully saturated rings. The third kappa shape index (κ3) is 1.17. The lowest BCUT2D eigenvalue weighted by Gasteiger charge is -2.48. The number of fused-ring (bicyclic) bond motifs is 1. The fourth-order valence-corrected chi connectivity index (χ4v) is 5.76. The van der Waals surface area contributed by atoms with E-state index in [1.54, 1.807) is 6.08 Å². The number of hydrogen-bond donors (Lipinski definition) is 2. The molecule has 2 saturated carbocycles. The third-order valence-corrected chi connectivity index (χ3v) is 7.31. The largest absolute Gasteiger partial charge is 0.478 e. The zero-order valence-electron chi connectivity index (χ0n) is 12.2. The number of rotatable bonds is 1. The molecule has 3 heteroatoms. The summed E-state index contributed by atoms with van der Waals surface area (Å²) in [4.78, 5) is 11.5. The highest BCUT2D eigenvalue weighted by Crippen LogP contribution is 2.77. The molecule has 3 aliphatic rings. The minimum Gasteiger partial charge on any atom is -0.478 e. The molecule has 0 aromatic rings. The van der Waals surface area contributed by atoms with Crippen molar-refractivity contribution in [3.63, 3.8) is 0 Å². The topological polar surface area (TPSA) is 57.5 Å². The van der Waals surface area contributed by atoms with E-state index in [1.165, 1.54) is 0 Å². The molecule has 0 saturated heterocycles. The highest BCUT2D eigenvalue weighted by atomic mass is 16.4. The standard InChI is InChI=1S/C16H24O3/c1-9-5-6-15(4)14(2,3)11-8-16(9,15)12(17)7-10(11)13(18)19/h7,9,11-12,17H,5-6,8H2,1-4H3,(H,18,19). The van der Waals surface area contributed by atoms with Gasteiger partial charge in [-0.3, -0.25) is 0 Å². The van der Waals surface area contributed by atoms with E-state index in [0.717, 1.165) is 19.3 Å². The van der Waals surface area contributed by atoms with Crippen LogP contribution in [-0.2, 0) is 4.79 Å². The summed E-state index contributed by atoms with van der Waals surface area (Å²) in [5.41, 5.74) is 0.266. The first-order chi connectivity index (χ1) is 8.68. The average molecular weight is 264 g/mol. The predicted octanol–water partition coefficient (Wildman–Crippen LogP) is 2.84. The van der Waals surface area contributed by atoms with Crippen molar-refractivity contribution in [1.29, 1.82) is 0 Å². The lowest BCUT2D eigenvalue weighted by molar-refractivity contribution is -0.134. The molecular formula is C16H24O3. The molecule has 2 N–H and O–H groups in total.